The van der Waals surface area contributed by atoms with Gasteiger partial charge in [-0.1, -0.05) is 0 Å². The lowest BCUT2D eigenvalue weighted by Gasteiger charge is -2.33. The molecule has 2 aromatic rings. The monoisotopic (exact) mass is 458 g/mol. The second-order valence-corrected chi connectivity index (χ2v) is 9.87. The molecule has 0 saturated carbocycles. The maximum absolute atomic E-state index is 12.5. The minimum Gasteiger partial charge on any atom is -0.368 e. The van der Waals surface area contributed by atoms with E-state index in [2.05, 4.69) is 35.8 Å². The molecule has 172 valence electrons. The van der Waals surface area contributed by atoms with Crippen LogP contribution in [-0.4, -0.2) is 68.2 Å². The van der Waals surface area contributed by atoms with Crippen molar-refractivity contribution in [2.24, 2.45) is 0 Å². The normalized spacial score (nSPS) is 18.3. The van der Waals surface area contributed by atoms with Gasteiger partial charge in [-0.3, -0.25) is 5.01 Å². The second kappa shape index (κ2) is 9.82. The average Bonchev–Trinajstić information content (AvgIpc) is 3.21. The van der Waals surface area contributed by atoms with Crippen LogP contribution in [0.1, 0.15) is 25.0 Å². The molecule has 2 aliphatic rings. The van der Waals surface area contributed by atoms with E-state index in [-0.39, 0.29) is 11.1 Å². The van der Waals surface area contributed by atoms with Gasteiger partial charge in [-0.15, -0.1) is 0 Å². The maximum Gasteiger partial charge on any atom is 0.240 e. The number of benzene rings is 1. The highest BCUT2D eigenvalue weighted by Crippen LogP contribution is 2.26. The summed E-state index contributed by atoms with van der Waals surface area (Å²) in [6.45, 7) is 2.16. The van der Waals surface area contributed by atoms with Crippen LogP contribution in [0.3, 0.4) is 0 Å². The van der Waals surface area contributed by atoms with Crippen LogP contribution in [0, 0.1) is 0 Å². The van der Waals surface area contributed by atoms with E-state index >= 15 is 0 Å². The molecule has 1 fully saturated rings. The van der Waals surface area contributed by atoms with E-state index in [4.69, 9.17) is 0 Å². The van der Waals surface area contributed by atoms with Crippen LogP contribution < -0.4 is 20.8 Å². The molecule has 1 atom stereocenters. The highest BCUT2D eigenvalue weighted by Gasteiger charge is 2.29. The number of hydrogen-bond donors (Lipinski definition) is 4. The summed E-state index contributed by atoms with van der Waals surface area (Å²) in [4.78, 5) is 11.2. The van der Waals surface area contributed by atoms with Gasteiger partial charge in [-0.2, -0.15) is 0 Å². The molecular formula is C21H30N8O2S. The fourth-order valence-corrected chi connectivity index (χ4v) is 4.75. The number of nitrogens with one attached hydrogen (secondary N) is 4. The number of sulfonamides is 1. The summed E-state index contributed by atoms with van der Waals surface area (Å²) in [5.41, 5.74) is 5.88. The van der Waals surface area contributed by atoms with Crippen molar-refractivity contribution in [1.29, 1.82) is 0 Å². The number of nitrogens with zero attached hydrogens (tertiary/aromatic N) is 4. The molecule has 11 heteroatoms. The van der Waals surface area contributed by atoms with E-state index in [0.717, 1.165) is 43.7 Å². The number of rotatable bonds is 9. The van der Waals surface area contributed by atoms with Gasteiger partial charge in [-0.25, -0.2) is 28.5 Å². The fourth-order valence-electron chi connectivity index (χ4n) is 3.68. The van der Waals surface area contributed by atoms with E-state index in [0.29, 0.717) is 18.2 Å². The first kappa shape index (κ1) is 22.5. The number of fused-ring (bicyclic) bond motifs is 1. The Morgan fingerprint density at radius 3 is 2.81 bits per heavy atom. The lowest BCUT2D eigenvalue weighted by Crippen LogP contribution is -2.49. The minimum absolute atomic E-state index is 0.229. The molecule has 0 aliphatic carbocycles. The molecule has 2 aliphatic heterocycles. The van der Waals surface area contributed by atoms with Crippen LogP contribution in [0.4, 0.5) is 11.6 Å². The van der Waals surface area contributed by atoms with E-state index in [1.165, 1.54) is 0 Å². The van der Waals surface area contributed by atoms with Crippen LogP contribution in [0.25, 0.3) is 5.70 Å². The Morgan fingerprint density at radius 2 is 2.03 bits per heavy atom. The first-order chi connectivity index (χ1) is 15.4. The number of hydrogen-bond acceptors (Lipinski definition) is 9. The van der Waals surface area contributed by atoms with Gasteiger partial charge in [0, 0.05) is 31.2 Å². The molecule has 1 aromatic heterocycles. The molecule has 4 rings (SSSR count). The third-order valence-corrected chi connectivity index (χ3v) is 6.81. The quantitative estimate of drug-likeness (QED) is 0.413. The molecule has 0 amide bonds. The van der Waals surface area contributed by atoms with Crippen LogP contribution >= 0.6 is 0 Å². The lowest BCUT2D eigenvalue weighted by atomic mass is 10.2. The topological polar surface area (TPSA) is 115 Å². The Balaban J connectivity index is 1.39. The molecular weight excluding hydrogens is 428 g/mol. The molecule has 1 aromatic carbocycles. The zero-order valence-corrected chi connectivity index (χ0v) is 19.2. The smallest absolute Gasteiger partial charge is 0.240 e. The highest BCUT2D eigenvalue weighted by atomic mass is 32.2. The molecule has 4 N–H and O–H groups in total. The van der Waals surface area contributed by atoms with Gasteiger partial charge < -0.3 is 15.5 Å². The Morgan fingerprint density at radius 1 is 1.22 bits per heavy atom. The molecule has 0 bridgehead atoms. The van der Waals surface area contributed by atoms with Crippen molar-refractivity contribution in [3.8, 4) is 0 Å². The first-order valence-corrected chi connectivity index (χ1v) is 12.2. The zero-order chi connectivity index (χ0) is 22.6. The first-order valence-electron chi connectivity index (χ1n) is 10.8. The summed E-state index contributed by atoms with van der Waals surface area (Å²) in [7, 11) is 0.390. The van der Waals surface area contributed by atoms with Gasteiger partial charge in [0.05, 0.1) is 16.3 Å². The Bertz CT molecular complexity index is 1060. The number of aromatic nitrogens is 2. The highest BCUT2D eigenvalue weighted by molar-refractivity contribution is 7.89. The van der Waals surface area contributed by atoms with Crippen molar-refractivity contribution in [1.82, 2.24) is 35.3 Å². The Labute approximate surface area is 189 Å². The SMILES string of the molecule is CN(C)CCCNS(=O)(=O)c1ccc(Nc2nccc(C3=CNC4CCCNN34)n2)cc1. The van der Waals surface area contributed by atoms with Crippen LogP contribution in [0.5, 0.6) is 0 Å². The van der Waals surface area contributed by atoms with Gasteiger partial charge in [0.15, 0.2) is 0 Å². The molecule has 1 saturated heterocycles. The molecule has 3 heterocycles. The molecule has 10 nitrogen and oxygen atoms in total. The molecule has 0 radical (unpaired) electrons. The van der Waals surface area contributed by atoms with Crippen molar-refractivity contribution in [2.75, 3.05) is 39.0 Å². The Kier molecular flexibility index (Phi) is 6.89. The van der Waals surface area contributed by atoms with Gasteiger partial charge in [-0.05, 0) is 70.2 Å². The van der Waals surface area contributed by atoms with E-state index in [1.807, 2.05) is 31.3 Å². The standard InChI is InChI=1S/C21H30N8O2S/c1-28(2)14-4-12-25-32(30,31)17-8-6-16(7-9-17)26-21-22-13-10-18(27-21)19-15-23-20-5-3-11-24-29(19)20/h6-10,13,15,20,23-25H,3-5,11-12,14H2,1-2H3,(H,22,26,27). The van der Waals surface area contributed by atoms with Crippen molar-refractivity contribution in [3.63, 3.8) is 0 Å². The molecule has 32 heavy (non-hydrogen) atoms. The van der Waals surface area contributed by atoms with Gasteiger partial charge in [0.2, 0.25) is 16.0 Å². The largest absolute Gasteiger partial charge is 0.368 e. The minimum atomic E-state index is -3.53. The van der Waals surface area contributed by atoms with Crippen molar-refractivity contribution >= 4 is 27.4 Å². The van der Waals surface area contributed by atoms with Crippen molar-refractivity contribution < 1.29 is 8.42 Å². The fraction of sp³-hybridized carbons (Fsp3) is 0.429. The predicted molar refractivity (Wildman–Crippen MR) is 124 cm³/mol. The third kappa shape index (κ3) is 5.36. The van der Waals surface area contributed by atoms with Crippen LogP contribution in [-0.2, 0) is 10.0 Å². The molecule has 1 unspecified atom stereocenters. The van der Waals surface area contributed by atoms with E-state index in [9.17, 15) is 8.42 Å². The second-order valence-electron chi connectivity index (χ2n) is 8.10. The number of hydrazine groups is 1. The number of anilines is 2. The summed E-state index contributed by atoms with van der Waals surface area (Å²) in [6, 6.07) is 8.44. The van der Waals surface area contributed by atoms with Gasteiger partial charge >= 0.3 is 0 Å². The van der Waals surface area contributed by atoms with Crippen LogP contribution in [0.2, 0.25) is 0 Å². The average molecular weight is 459 g/mol. The summed E-state index contributed by atoms with van der Waals surface area (Å²) in [5.74, 6) is 0.446. The summed E-state index contributed by atoms with van der Waals surface area (Å²) < 4.78 is 27.6. The third-order valence-electron chi connectivity index (χ3n) is 5.33. The maximum atomic E-state index is 12.5. The van der Waals surface area contributed by atoms with Crippen LogP contribution in [0.15, 0.2) is 47.6 Å². The predicted octanol–water partition coefficient (Wildman–Crippen LogP) is 1.28. The van der Waals surface area contributed by atoms with Gasteiger partial charge in [0.1, 0.15) is 6.17 Å². The summed E-state index contributed by atoms with van der Waals surface area (Å²) in [6.07, 6.45) is 6.88. The van der Waals surface area contributed by atoms with Crippen molar-refractivity contribution in [3.05, 3.63) is 48.4 Å². The Hall–Kier alpha value is -2.73. The van der Waals surface area contributed by atoms with E-state index < -0.39 is 10.0 Å². The van der Waals surface area contributed by atoms with E-state index in [1.54, 1.807) is 30.5 Å². The molecule has 0 spiro atoms. The van der Waals surface area contributed by atoms with Gasteiger partial charge in [0.25, 0.3) is 0 Å². The lowest BCUT2D eigenvalue weighted by molar-refractivity contribution is 0.160. The van der Waals surface area contributed by atoms with Crippen molar-refractivity contribution in [2.45, 2.75) is 30.3 Å². The summed E-state index contributed by atoms with van der Waals surface area (Å²) in [5, 5.41) is 8.64. The summed E-state index contributed by atoms with van der Waals surface area (Å²) >= 11 is 0. The zero-order valence-electron chi connectivity index (χ0n) is 18.4.